The van der Waals surface area contributed by atoms with Crippen LogP contribution in [0.3, 0.4) is 0 Å². The van der Waals surface area contributed by atoms with E-state index < -0.39 is 0 Å². The Morgan fingerprint density at radius 3 is 3.06 bits per heavy atom. The van der Waals surface area contributed by atoms with Crippen molar-refractivity contribution in [2.45, 2.75) is 32.1 Å². The van der Waals surface area contributed by atoms with Crippen molar-refractivity contribution < 1.29 is 9.90 Å². The summed E-state index contributed by atoms with van der Waals surface area (Å²) < 4.78 is 0. The Labute approximate surface area is 101 Å². The number of hydrogen-bond acceptors (Lipinski definition) is 2. The Balaban J connectivity index is 2.11. The molecule has 2 aliphatic carbocycles. The molecule has 3 rings (SSSR count). The molecule has 0 saturated carbocycles. The van der Waals surface area contributed by atoms with E-state index in [4.69, 9.17) is 0 Å². The molecule has 0 aliphatic heterocycles. The molecule has 2 heteroatoms. The fourth-order valence-electron chi connectivity index (χ4n) is 3.18. The molecule has 0 aromatic heterocycles. The number of carbonyl (C=O) groups is 1. The van der Waals surface area contributed by atoms with Crippen LogP contribution in [0, 0.1) is 5.41 Å². The van der Waals surface area contributed by atoms with Gasteiger partial charge >= 0.3 is 0 Å². The first-order valence-corrected chi connectivity index (χ1v) is 6.12. The van der Waals surface area contributed by atoms with Crippen LogP contribution in [0.25, 0.3) is 0 Å². The molecule has 0 heterocycles. The summed E-state index contributed by atoms with van der Waals surface area (Å²) in [6, 6.07) is 5.56. The summed E-state index contributed by atoms with van der Waals surface area (Å²) >= 11 is 0. The van der Waals surface area contributed by atoms with E-state index in [1.165, 1.54) is 11.1 Å². The zero-order valence-electron chi connectivity index (χ0n) is 9.94. The van der Waals surface area contributed by atoms with Crippen molar-refractivity contribution in [1.29, 1.82) is 0 Å². The van der Waals surface area contributed by atoms with Crippen molar-refractivity contribution in [1.82, 2.24) is 0 Å². The highest BCUT2D eigenvalue weighted by molar-refractivity contribution is 5.91. The average Bonchev–Trinajstić information content (AvgIpc) is 2.30. The van der Waals surface area contributed by atoms with Gasteiger partial charge in [0.15, 0.2) is 5.78 Å². The number of aromatic hydroxyl groups is 1. The van der Waals surface area contributed by atoms with Gasteiger partial charge in [0.2, 0.25) is 0 Å². The molecule has 0 unspecified atom stereocenters. The molecule has 0 saturated heterocycles. The highest BCUT2D eigenvalue weighted by Crippen LogP contribution is 2.50. The van der Waals surface area contributed by atoms with Gasteiger partial charge in [-0.25, -0.2) is 0 Å². The van der Waals surface area contributed by atoms with Crippen LogP contribution in [0.2, 0.25) is 0 Å². The molecule has 0 radical (unpaired) electrons. The number of hydrogen-bond donors (Lipinski definition) is 1. The Bertz CT molecular complexity index is 516. The van der Waals surface area contributed by atoms with Crippen molar-refractivity contribution in [3.8, 4) is 5.75 Å². The predicted octanol–water partition coefficient (Wildman–Crippen LogP) is 2.96. The third kappa shape index (κ3) is 1.59. The van der Waals surface area contributed by atoms with Gasteiger partial charge in [-0.15, -0.1) is 0 Å². The van der Waals surface area contributed by atoms with Crippen molar-refractivity contribution in [3.63, 3.8) is 0 Å². The minimum Gasteiger partial charge on any atom is -0.508 e. The fourth-order valence-corrected chi connectivity index (χ4v) is 3.18. The third-order valence-corrected chi connectivity index (χ3v) is 4.29. The first-order valence-electron chi connectivity index (χ1n) is 6.12. The maximum absolute atomic E-state index is 11.6. The zero-order valence-corrected chi connectivity index (χ0v) is 9.94. The highest BCUT2D eigenvalue weighted by Gasteiger charge is 2.40. The van der Waals surface area contributed by atoms with Gasteiger partial charge in [-0.05, 0) is 47.6 Å². The smallest absolute Gasteiger partial charge is 0.156 e. The third-order valence-electron chi connectivity index (χ3n) is 4.29. The molecule has 88 valence electrons. The molecule has 0 bridgehead atoms. The average molecular weight is 228 g/mol. The number of allylic oxidation sites excluding steroid dienone is 2. The number of fused-ring (bicyclic) bond motifs is 3. The van der Waals surface area contributed by atoms with Crippen molar-refractivity contribution in [3.05, 3.63) is 41.5 Å². The molecule has 2 aliphatic rings. The predicted molar refractivity (Wildman–Crippen MR) is 66.0 cm³/mol. The molecular formula is C15H16O2. The van der Waals surface area contributed by atoms with E-state index in [0.29, 0.717) is 12.2 Å². The number of rotatable bonds is 0. The van der Waals surface area contributed by atoms with Gasteiger partial charge in [0, 0.05) is 12.3 Å². The molecule has 17 heavy (non-hydrogen) atoms. The Kier molecular flexibility index (Phi) is 2.15. The van der Waals surface area contributed by atoms with Crippen LogP contribution in [0.4, 0.5) is 0 Å². The second-order valence-electron chi connectivity index (χ2n) is 5.45. The molecular weight excluding hydrogens is 212 g/mol. The van der Waals surface area contributed by atoms with E-state index in [1.54, 1.807) is 12.1 Å². The van der Waals surface area contributed by atoms with Gasteiger partial charge in [0.1, 0.15) is 5.75 Å². The normalized spacial score (nSPS) is 30.9. The van der Waals surface area contributed by atoms with Crippen LogP contribution in [-0.4, -0.2) is 10.9 Å². The lowest BCUT2D eigenvalue weighted by Gasteiger charge is -2.42. The minimum atomic E-state index is 0.109. The summed E-state index contributed by atoms with van der Waals surface area (Å²) in [6.45, 7) is 2.23. The number of phenols is 1. The van der Waals surface area contributed by atoms with Gasteiger partial charge in [-0.3, -0.25) is 4.79 Å². The highest BCUT2D eigenvalue weighted by atomic mass is 16.3. The van der Waals surface area contributed by atoms with Crippen molar-refractivity contribution >= 4 is 5.78 Å². The molecule has 2 nitrogen and oxygen atoms in total. The number of phenolic OH excluding ortho intramolecular Hbond substituents is 1. The van der Waals surface area contributed by atoms with Crippen molar-refractivity contribution in [2.24, 2.45) is 5.41 Å². The summed E-state index contributed by atoms with van der Waals surface area (Å²) in [5.41, 5.74) is 2.56. The fraction of sp³-hybridized carbons (Fsp3) is 0.400. The summed E-state index contributed by atoms with van der Waals surface area (Å²) in [5, 5.41) is 9.52. The molecule has 0 fully saturated rings. The van der Waals surface area contributed by atoms with Gasteiger partial charge in [0.25, 0.3) is 0 Å². The molecule has 0 amide bonds. The number of ketones is 1. The van der Waals surface area contributed by atoms with Crippen LogP contribution in [0.5, 0.6) is 5.75 Å². The first kappa shape index (κ1) is 10.6. The van der Waals surface area contributed by atoms with Gasteiger partial charge < -0.3 is 5.11 Å². The first-order chi connectivity index (χ1) is 8.08. The Morgan fingerprint density at radius 2 is 2.24 bits per heavy atom. The molecule has 0 spiro atoms. The van der Waals surface area contributed by atoms with Crippen molar-refractivity contribution in [2.75, 3.05) is 0 Å². The van der Waals surface area contributed by atoms with E-state index >= 15 is 0 Å². The van der Waals surface area contributed by atoms with Crippen LogP contribution in [-0.2, 0) is 11.2 Å². The second-order valence-corrected chi connectivity index (χ2v) is 5.45. The summed E-state index contributed by atoms with van der Waals surface area (Å²) in [6.07, 6.45) is 6.46. The lowest BCUT2D eigenvalue weighted by atomic mass is 9.61. The topological polar surface area (TPSA) is 37.3 Å². The monoisotopic (exact) mass is 228 g/mol. The Morgan fingerprint density at radius 1 is 1.41 bits per heavy atom. The lowest BCUT2D eigenvalue weighted by molar-refractivity contribution is -0.116. The number of carbonyl (C=O) groups excluding carboxylic acids is 1. The SMILES string of the molecule is C[C@@]12C=CC(=O)C[C@@H]1c1ccc(O)cc1CC2. The zero-order chi connectivity index (χ0) is 12.0. The standard InChI is InChI=1S/C15H16O2/c1-15-6-4-10-8-11(16)2-3-13(10)14(15)9-12(17)5-7-15/h2-3,5,7-8,14,16H,4,6,9H2,1H3/t14-,15-/m1/s1. The van der Waals surface area contributed by atoms with Crippen LogP contribution >= 0.6 is 0 Å². The van der Waals surface area contributed by atoms with Crippen LogP contribution < -0.4 is 0 Å². The van der Waals surface area contributed by atoms with Gasteiger partial charge in [-0.1, -0.05) is 19.1 Å². The maximum atomic E-state index is 11.6. The van der Waals surface area contributed by atoms with Crippen LogP contribution in [0.1, 0.15) is 36.8 Å². The molecule has 1 aromatic rings. The van der Waals surface area contributed by atoms with E-state index in [-0.39, 0.29) is 17.1 Å². The van der Waals surface area contributed by atoms with E-state index in [1.807, 2.05) is 12.1 Å². The number of benzene rings is 1. The molecule has 1 N–H and O–H groups in total. The van der Waals surface area contributed by atoms with Gasteiger partial charge in [0.05, 0.1) is 0 Å². The summed E-state index contributed by atoms with van der Waals surface area (Å²) in [4.78, 5) is 11.6. The second kappa shape index (κ2) is 3.46. The lowest BCUT2D eigenvalue weighted by Crippen LogP contribution is -2.33. The molecule has 1 aromatic carbocycles. The summed E-state index contributed by atoms with van der Waals surface area (Å²) in [7, 11) is 0. The minimum absolute atomic E-state index is 0.109. The van der Waals surface area contributed by atoms with Gasteiger partial charge in [-0.2, -0.15) is 0 Å². The molecule has 2 atom stereocenters. The van der Waals surface area contributed by atoms with E-state index in [9.17, 15) is 9.90 Å². The largest absolute Gasteiger partial charge is 0.508 e. The van der Waals surface area contributed by atoms with E-state index in [2.05, 4.69) is 13.0 Å². The maximum Gasteiger partial charge on any atom is 0.156 e. The quantitative estimate of drug-likeness (QED) is 0.741. The number of aryl methyl sites for hydroxylation is 1. The Hall–Kier alpha value is -1.57. The van der Waals surface area contributed by atoms with E-state index in [0.717, 1.165) is 12.8 Å². The van der Waals surface area contributed by atoms with Crippen LogP contribution in [0.15, 0.2) is 30.4 Å². The summed E-state index contributed by atoms with van der Waals surface area (Å²) in [5.74, 6) is 0.822.